The smallest absolute Gasteiger partial charge is 1.00 e. The molecule has 2 heterocycles. The molecule has 0 saturated heterocycles. The molecule has 5 nitrogen and oxygen atoms in total. The molecule has 4 aromatic rings. The van der Waals surface area contributed by atoms with Crippen molar-refractivity contribution >= 4 is 0 Å². The Kier molecular flexibility index (Phi) is 12.3. The summed E-state index contributed by atoms with van der Waals surface area (Å²) in [5.41, 5.74) is 4.85. The molecule has 9 heteroatoms. The van der Waals surface area contributed by atoms with Crippen LogP contribution in [-0.2, 0) is 17.1 Å². The first-order valence-corrected chi connectivity index (χ1v) is 9.17. The second kappa shape index (κ2) is 13.3. The number of phenols is 2. The van der Waals surface area contributed by atoms with Gasteiger partial charge in [0.05, 0.1) is 29.9 Å². The van der Waals surface area contributed by atoms with Crippen LogP contribution in [0.3, 0.4) is 0 Å². The number of para-hydroxylation sites is 1. The van der Waals surface area contributed by atoms with Gasteiger partial charge in [0.2, 0.25) is 0 Å². The van der Waals surface area contributed by atoms with E-state index in [0.717, 1.165) is 5.56 Å². The quantitative estimate of drug-likeness (QED) is 0.258. The van der Waals surface area contributed by atoms with Gasteiger partial charge in [0.1, 0.15) is 5.75 Å². The zero-order valence-electron chi connectivity index (χ0n) is 17.6. The third-order valence-corrected chi connectivity index (χ3v) is 4.68. The van der Waals surface area contributed by atoms with E-state index in [9.17, 15) is 10.2 Å². The SMILES string of the molecule is COc1cccc(-c2cccc(-c3cccc(-c4ccc(C)cc4O)n3)n2)c1O.[Cl-].[Cl-].[Cl-].[Mn+3]. The van der Waals surface area contributed by atoms with Crippen molar-refractivity contribution in [3.63, 3.8) is 0 Å². The Balaban J connectivity index is 0.00000256. The predicted molar refractivity (Wildman–Crippen MR) is 113 cm³/mol. The largest absolute Gasteiger partial charge is 3.00 e. The van der Waals surface area contributed by atoms with Gasteiger partial charge in [0.15, 0.2) is 11.5 Å². The molecule has 0 saturated carbocycles. The number of ether oxygens (including phenoxy) is 1. The number of rotatable bonds is 4. The minimum atomic E-state index is 0. The normalized spacial score (nSPS) is 9.39. The van der Waals surface area contributed by atoms with E-state index in [1.54, 1.807) is 24.3 Å². The molecular weight excluding hydrogens is 526 g/mol. The van der Waals surface area contributed by atoms with Crippen molar-refractivity contribution in [3.8, 4) is 51.2 Å². The molecule has 0 radical (unpaired) electrons. The second-order valence-electron chi connectivity index (χ2n) is 6.69. The molecule has 2 aromatic heterocycles. The predicted octanol–water partition coefficient (Wildman–Crippen LogP) is -3.78. The van der Waals surface area contributed by atoms with Crippen LogP contribution in [0.15, 0.2) is 72.8 Å². The zero-order valence-corrected chi connectivity index (χ0v) is 21.1. The Bertz CT molecular complexity index is 1210. The van der Waals surface area contributed by atoms with E-state index >= 15 is 0 Å². The number of methoxy groups -OCH3 is 1. The first kappa shape index (κ1) is 30.5. The van der Waals surface area contributed by atoms with Crippen molar-refractivity contribution < 1.29 is 69.2 Å². The molecule has 0 amide bonds. The third-order valence-electron chi connectivity index (χ3n) is 4.68. The van der Waals surface area contributed by atoms with E-state index in [-0.39, 0.29) is 65.8 Å². The van der Waals surface area contributed by atoms with E-state index in [1.807, 2.05) is 55.5 Å². The van der Waals surface area contributed by atoms with E-state index in [1.165, 1.54) is 7.11 Å². The van der Waals surface area contributed by atoms with Crippen molar-refractivity contribution in [2.24, 2.45) is 0 Å². The Morgan fingerprint density at radius 3 is 1.73 bits per heavy atom. The summed E-state index contributed by atoms with van der Waals surface area (Å²) in [6.45, 7) is 1.93. The summed E-state index contributed by atoms with van der Waals surface area (Å²) in [6, 6.07) is 22.0. The monoisotopic (exact) mass is 544 g/mol. The maximum atomic E-state index is 10.4. The number of phenolic OH excluding ortho intramolecular Hbond substituents is 2. The maximum Gasteiger partial charge on any atom is 3.00 e. The fourth-order valence-corrected chi connectivity index (χ4v) is 3.21. The van der Waals surface area contributed by atoms with Crippen LogP contribution >= 0.6 is 0 Å². The average molecular weight is 546 g/mol. The molecular formula is C24H20Cl3MnN2O3. The van der Waals surface area contributed by atoms with E-state index < -0.39 is 0 Å². The van der Waals surface area contributed by atoms with Gasteiger partial charge in [0, 0.05) is 11.1 Å². The van der Waals surface area contributed by atoms with E-state index in [0.29, 0.717) is 39.7 Å². The molecule has 172 valence electrons. The topological polar surface area (TPSA) is 75.5 Å². The van der Waals surface area contributed by atoms with Gasteiger partial charge in [-0.1, -0.05) is 24.3 Å². The number of pyridine rings is 2. The van der Waals surface area contributed by atoms with Gasteiger partial charge in [0.25, 0.3) is 0 Å². The molecule has 0 atom stereocenters. The number of hydrogen-bond donors (Lipinski definition) is 2. The molecule has 0 aliphatic rings. The van der Waals surface area contributed by atoms with Crippen molar-refractivity contribution in [2.45, 2.75) is 6.92 Å². The number of aromatic nitrogens is 2. The number of benzene rings is 2. The number of aromatic hydroxyl groups is 2. The van der Waals surface area contributed by atoms with Gasteiger partial charge in [-0.05, 0) is 61.0 Å². The van der Waals surface area contributed by atoms with Crippen LogP contribution in [0.5, 0.6) is 17.2 Å². The van der Waals surface area contributed by atoms with Crippen LogP contribution in [0.25, 0.3) is 33.9 Å². The summed E-state index contributed by atoms with van der Waals surface area (Å²) in [6.07, 6.45) is 0. The van der Waals surface area contributed by atoms with Gasteiger partial charge in [-0.2, -0.15) is 0 Å². The molecule has 0 aliphatic heterocycles. The first-order valence-electron chi connectivity index (χ1n) is 9.17. The van der Waals surface area contributed by atoms with Crippen molar-refractivity contribution in [2.75, 3.05) is 7.11 Å². The van der Waals surface area contributed by atoms with Gasteiger partial charge in [-0.3, -0.25) is 0 Å². The molecule has 4 rings (SSSR count). The fraction of sp³-hybridized carbons (Fsp3) is 0.0833. The molecule has 0 spiro atoms. The van der Waals surface area contributed by atoms with Crippen LogP contribution in [0.4, 0.5) is 0 Å². The Morgan fingerprint density at radius 1 is 0.667 bits per heavy atom. The molecule has 2 N–H and O–H groups in total. The Hall–Kier alpha value is -2.47. The van der Waals surface area contributed by atoms with E-state index in [4.69, 9.17) is 4.74 Å². The summed E-state index contributed by atoms with van der Waals surface area (Å²) in [5.74, 6) is 0.633. The number of hydrogen-bond acceptors (Lipinski definition) is 5. The van der Waals surface area contributed by atoms with Crippen LogP contribution in [0, 0.1) is 6.92 Å². The third kappa shape index (κ3) is 6.53. The molecule has 0 unspecified atom stereocenters. The summed E-state index contributed by atoms with van der Waals surface area (Å²) < 4.78 is 5.19. The van der Waals surface area contributed by atoms with Gasteiger partial charge in [-0.15, -0.1) is 0 Å². The van der Waals surface area contributed by atoms with Crippen LogP contribution in [0.2, 0.25) is 0 Å². The number of halogens is 3. The summed E-state index contributed by atoms with van der Waals surface area (Å²) in [7, 11) is 1.51. The standard InChI is InChI=1S/C24H20N2O3.3ClH.Mn/c1-15-12-13-16(22(27)14-15)18-7-4-9-20(25-18)21-10-5-8-19(26-21)17-6-3-11-23(29-2)24(17)28;;;;/h3-14,27-28H,1-2H3;3*1H;/q;;;;+3/p-3. The minimum absolute atomic E-state index is 0. The summed E-state index contributed by atoms with van der Waals surface area (Å²) in [4.78, 5) is 9.37. The van der Waals surface area contributed by atoms with Crippen LogP contribution in [0.1, 0.15) is 5.56 Å². The van der Waals surface area contributed by atoms with Crippen molar-refractivity contribution in [1.82, 2.24) is 9.97 Å². The van der Waals surface area contributed by atoms with Crippen LogP contribution in [-0.4, -0.2) is 27.3 Å². The number of nitrogens with zero attached hydrogens (tertiary/aromatic N) is 2. The minimum Gasteiger partial charge on any atom is -1.00 e. The Labute approximate surface area is 222 Å². The molecule has 0 bridgehead atoms. The molecule has 0 aliphatic carbocycles. The van der Waals surface area contributed by atoms with Crippen molar-refractivity contribution in [3.05, 3.63) is 78.4 Å². The van der Waals surface area contributed by atoms with Gasteiger partial charge < -0.3 is 52.2 Å². The van der Waals surface area contributed by atoms with Crippen molar-refractivity contribution in [1.29, 1.82) is 0 Å². The molecule has 0 fully saturated rings. The fourth-order valence-electron chi connectivity index (χ4n) is 3.21. The van der Waals surface area contributed by atoms with E-state index in [2.05, 4.69) is 9.97 Å². The number of aryl methyl sites for hydroxylation is 1. The molecule has 33 heavy (non-hydrogen) atoms. The van der Waals surface area contributed by atoms with Crippen LogP contribution < -0.4 is 42.0 Å². The zero-order chi connectivity index (χ0) is 20.4. The van der Waals surface area contributed by atoms with Gasteiger partial charge >= 0.3 is 17.1 Å². The van der Waals surface area contributed by atoms with Gasteiger partial charge in [-0.25, -0.2) is 9.97 Å². The second-order valence-corrected chi connectivity index (χ2v) is 6.69. The maximum absolute atomic E-state index is 10.4. The summed E-state index contributed by atoms with van der Waals surface area (Å²) in [5, 5.41) is 20.7. The molecule has 2 aromatic carbocycles. The first-order chi connectivity index (χ1) is 14.1. The Morgan fingerprint density at radius 2 is 1.18 bits per heavy atom. The average Bonchev–Trinajstić information content (AvgIpc) is 2.74. The summed E-state index contributed by atoms with van der Waals surface area (Å²) >= 11 is 0.